The number of hydrogen-bond acceptors (Lipinski definition) is 3. The van der Waals surface area contributed by atoms with E-state index in [1.54, 1.807) is 23.5 Å². The van der Waals surface area contributed by atoms with Crippen molar-refractivity contribution >= 4 is 23.5 Å². The van der Waals surface area contributed by atoms with Crippen molar-refractivity contribution in [3.8, 4) is 0 Å². The summed E-state index contributed by atoms with van der Waals surface area (Å²) in [6.07, 6.45) is -0.102. The largest absolute Gasteiger partial charge is 0.391 e. The molecule has 1 N–H and O–H groups in total. The minimum Gasteiger partial charge on any atom is -0.391 e. The lowest BCUT2D eigenvalue weighted by Gasteiger charge is -2.07. The van der Waals surface area contributed by atoms with E-state index >= 15 is 0 Å². The number of hydrogen-bond donors (Lipinski definition) is 1. The molecule has 0 aromatic heterocycles. The molecule has 0 aliphatic carbocycles. The molecule has 0 rings (SSSR count). The van der Waals surface area contributed by atoms with Gasteiger partial charge >= 0.3 is 0 Å². The molecule has 0 amide bonds. The van der Waals surface area contributed by atoms with Gasteiger partial charge in [0.2, 0.25) is 0 Å². The molecule has 1 nitrogen and oxygen atoms in total. The Bertz CT molecular complexity index is 60.6. The molecule has 0 radical (unpaired) electrons. The summed E-state index contributed by atoms with van der Waals surface area (Å²) in [6.45, 7) is 4.23. The number of rotatable bonds is 6. The zero-order valence-corrected chi connectivity index (χ0v) is 8.30. The molecule has 0 heterocycles. The van der Waals surface area contributed by atoms with Crippen LogP contribution in [0.15, 0.2) is 0 Å². The monoisotopic (exact) mass is 180 g/mol. The van der Waals surface area contributed by atoms with E-state index in [0.717, 1.165) is 23.0 Å². The van der Waals surface area contributed by atoms with Gasteiger partial charge in [-0.25, -0.2) is 0 Å². The molecule has 0 aliphatic heterocycles. The summed E-state index contributed by atoms with van der Waals surface area (Å²) < 4.78 is 0. The Kier molecular flexibility index (Phi) is 8.28. The Morgan fingerprint density at radius 3 is 1.80 bits per heavy atom. The highest BCUT2D eigenvalue weighted by atomic mass is 32.2. The van der Waals surface area contributed by atoms with Crippen molar-refractivity contribution < 1.29 is 5.11 Å². The van der Waals surface area contributed by atoms with Gasteiger partial charge in [0.15, 0.2) is 0 Å². The van der Waals surface area contributed by atoms with Gasteiger partial charge in [0.05, 0.1) is 6.10 Å². The van der Waals surface area contributed by atoms with E-state index in [4.69, 9.17) is 0 Å². The van der Waals surface area contributed by atoms with Crippen molar-refractivity contribution in [1.82, 2.24) is 0 Å². The molecule has 0 saturated heterocycles. The molecule has 0 bridgehead atoms. The summed E-state index contributed by atoms with van der Waals surface area (Å²) in [4.78, 5) is 0. The van der Waals surface area contributed by atoms with Crippen molar-refractivity contribution in [3.05, 3.63) is 0 Å². The molecule has 0 atom stereocenters. The average molecular weight is 180 g/mol. The normalized spacial score (nSPS) is 10.8. The first kappa shape index (κ1) is 10.7. The van der Waals surface area contributed by atoms with Crippen LogP contribution in [0.3, 0.4) is 0 Å². The first-order valence-electron chi connectivity index (χ1n) is 3.64. The van der Waals surface area contributed by atoms with E-state index in [9.17, 15) is 5.11 Å². The first-order chi connectivity index (χ1) is 4.81. The Hall–Kier alpha value is 0.660. The van der Waals surface area contributed by atoms with E-state index in [1.807, 2.05) is 0 Å². The predicted molar refractivity (Wildman–Crippen MR) is 52.0 cm³/mol. The summed E-state index contributed by atoms with van der Waals surface area (Å²) in [5.41, 5.74) is 0. The van der Waals surface area contributed by atoms with Gasteiger partial charge in [0.1, 0.15) is 0 Å². The van der Waals surface area contributed by atoms with Crippen LogP contribution in [0, 0.1) is 0 Å². The molecule has 3 heteroatoms. The summed E-state index contributed by atoms with van der Waals surface area (Å²) in [6, 6.07) is 0. The zero-order chi connectivity index (χ0) is 7.82. The van der Waals surface area contributed by atoms with Crippen LogP contribution in [0.5, 0.6) is 0 Å². The maximum atomic E-state index is 9.27. The zero-order valence-electron chi connectivity index (χ0n) is 6.67. The minimum atomic E-state index is -0.102. The van der Waals surface area contributed by atoms with Crippen molar-refractivity contribution in [1.29, 1.82) is 0 Å². The molecule has 0 aromatic rings. The Morgan fingerprint density at radius 2 is 1.50 bits per heavy atom. The van der Waals surface area contributed by atoms with Gasteiger partial charge in [-0.05, 0) is 11.5 Å². The highest BCUT2D eigenvalue weighted by Crippen LogP contribution is 2.07. The van der Waals surface area contributed by atoms with Crippen molar-refractivity contribution in [2.24, 2.45) is 0 Å². The lowest BCUT2D eigenvalue weighted by atomic mass is 10.5. The van der Waals surface area contributed by atoms with Crippen molar-refractivity contribution in [2.45, 2.75) is 20.0 Å². The van der Waals surface area contributed by atoms with Crippen LogP contribution < -0.4 is 0 Å². The second-order valence-electron chi connectivity index (χ2n) is 1.97. The van der Waals surface area contributed by atoms with Crippen LogP contribution in [0.2, 0.25) is 0 Å². The summed E-state index contributed by atoms with van der Waals surface area (Å²) in [7, 11) is 0. The Morgan fingerprint density at radius 1 is 1.10 bits per heavy atom. The third-order valence-electron chi connectivity index (χ3n) is 1.03. The molecular weight excluding hydrogens is 164 g/mol. The molecule has 0 aromatic carbocycles. The number of aliphatic hydroxyl groups is 1. The van der Waals surface area contributed by atoms with Gasteiger partial charge < -0.3 is 5.11 Å². The van der Waals surface area contributed by atoms with Crippen LogP contribution in [0.4, 0.5) is 0 Å². The molecule has 0 unspecified atom stereocenters. The van der Waals surface area contributed by atoms with E-state index in [2.05, 4.69) is 13.8 Å². The van der Waals surface area contributed by atoms with Gasteiger partial charge in [-0.15, -0.1) is 0 Å². The van der Waals surface area contributed by atoms with Crippen LogP contribution in [0.1, 0.15) is 13.8 Å². The van der Waals surface area contributed by atoms with Crippen LogP contribution in [-0.4, -0.2) is 34.2 Å². The minimum absolute atomic E-state index is 0.102. The van der Waals surface area contributed by atoms with E-state index in [0.29, 0.717) is 0 Å². The number of aliphatic hydroxyl groups excluding tert-OH is 1. The molecule has 10 heavy (non-hydrogen) atoms. The fourth-order valence-electron chi connectivity index (χ4n) is 0.556. The predicted octanol–water partition coefficient (Wildman–Crippen LogP) is 1.85. The smallest absolute Gasteiger partial charge is 0.0720 e. The average Bonchev–Trinajstić information content (AvgIpc) is 1.97. The van der Waals surface area contributed by atoms with Crippen LogP contribution in [-0.2, 0) is 0 Å². The highest BCUT2D eigenvalue weighted by Gasteiger charge is 2.01. The highest BCUT2D eigenvalue weighted by molar-refractivity contribution is 8.00. The second-order valence-corrected chi connectivity index (χ2v) is 4.61. The molecule has 0 spiro atoms. The quantitative estimate of drug-likeness (QED) is 0.674. The van der Waals surface area contributed by atoms with Gasteiger partial charge in [0, 0.05) is 11.5 Å². The fraction of sp³-hybridized carbons (Fsp3) is 1.00. The topological polar surface area (TPSA) is 20.2 Å². The number of thioether (sulfide) groups is 2. The third kappa shape index (κ3) is 6.78. The standard InChI is InChI=1S/C7H16OS2/c1-3-9-5-7(8)6-10-4-2/h7-8H,3-6H2,1-2H3. The molecule has 0 fully saturated rings. The van der Waals surface area contributed by atoms with E-state index in [-0.39, 0.29) is 6.10 Å². The SMILES string of the molecule is CCSCC(O)CSCC. The van der Waals surface area contributed by atoms with Gasteiger partial charge in [-0.2, -0.15) is 23.5 Å². The second kappa shape index (κ2) is 7.76. The summed E-state index contributed by atoms with van der Waals surface area (Å²) >= 11 is 3.61. The Labute approximate surface area is 72.0 Å². The first-order valence-corrected chi connectivity index (χ1v) is 5.95. The van der Waals surface area contributed by atoms with Gasteiger partial charge in [-0.1, -0.05) is 13.8 Å². The van der Waals surface area contributed by atoms with E-state index in [1.165, 1.54) is 0 Å². The van der Waals surface area contributed by atoms with Gasteiger partial charge in [-0.3, -0.25) is 0 Å². The van der Waals surface area contributed by atoms with Crippen LogP contribution >= 0.6 is 23.5 Å². The maximum Gasteiger partial charge on any atom is 0.0720 e. The third-order valence-corrected chi connectivity index (χ3v) is 3.09. The molecule has 62 valence electrons. The maximum absolute atomic E-state index is 9.27. The fourth-order valence-corrected chi connectivity index (χ4v) is 1.96. The van der Waals surface area contributed by atoms with Crippen molar-refractivity contribution in [2.75, 3.05) is 23.0 Å². The summed E-state index contributed by atoms with van der Waals surface area (Å²) in [5.74, 6) is 3.99. The lowest BCUT2D eigenvalue weighted by Crippen LogP contribution is -2.13. The van der Waals surface area contributed by atoms with Crippen molar-refractivity contribution in [3.63, 3.8) is 0 Å². The van der Waals surface area contributed by atoms with Crippen LogP contribution in [0.25, 0.3) is 0 Å². The molecule has 0 aliphatic rings. The van der Waals surface area contributed by atoms with E-state index < -0.39 is 0 Å². The molecule has 0 saturated carbocycles. The Balaban J connectivity index is 3.00. The lowest BCUT2D eigenvalue weighted by molar-refractivity contribution is 0.225. The summed E-state index contributed by atoms with van der Waals surface area (Å²) in [5, 5.41) is 9.27. The van der Waals surface area contributed by atoms with Gasteiger partial charge in [0.25, 0.3) is 0 Å². The molecular formula is C7H16OS2.